The van der Waals surface area contributed by atoms with Crippen molar-refractivity contribution in [2.45, 2.75) is 39.4 Å². The van der Waals surface area contributed by atoms with Gasteiger partial charge in [-0.3, -0.25) is 4.90 Å². The molecule has 3 rings (SSSR count). The molecule has 0 fully saturated rings. The Hall–Kier alpha value is -1.58. The van der Waals surface area contributed by atoms with Crippen LogP contribution in [-0.2, 0) is 19.5 Å². The zero-order valence-corrected chi connectivity index (χ0v) is 12.9. The average molecular weight is 284 g/mol. The summed E-state index contributed by atoms with van der Waals surface area (Å²) in [6.07, 6.45) is 1.16. The van der Waals surface area contributed by atoms with E-state index in [1.165, 1.54) is 11.1 Å². The zero-order valence-electron chi connectivity index (χ0n) is 12.9. The summed E-state index contributed by atoms with van der Waals surface area (Å²) in [6.45, 7) is 8.30. The van der Waals surface area contributed by atoms with Crippen LogP contribution in [0.5, 0.6) is 0 Å². The molecule has 0 aliphatic carbocycles. The molecule has 2 heterocycles. The first-order valence-electron chi connectivity index (χ1n) is 7.79. The molecule has 0 saturated heterocycles. The normalized spacial score (nSPS) is 16.7. The lowest BCUT2D eigenvalue weighted by atomic mass is 9.99. The lowest BCUT2D eigenvalue weighted by molar-refractivity contribution is 0.186. The van der Waals surface area contributed by atoms with Crippen LogP contribution in [0.15, 0.2) is 40.8 Å². The maximum Gasteiger partial charge on any atom is 0.117 e. The highest BCUT2D eigenvalue weighted by Crippen LogP contribution is 2.20. The van der Waals surface area contributed by atoms with Crippen LogP contribution in [0.2, 0.25) is 0 Å². The highest BCUT2D eigenvalue weighted by molar-refractivity contribution is 5.29. The fraction of sp³-hybridized carbons (Fsp3) is 0.444. The molecule has 0 spiro atoms. The molecular formula is C18H24N2O. The van der Waals surface area contributed by atoms with Gasteiger partial charge in [0.05, 0.1) is 6.54 Å². The molecule has 3 nitrogen and oxygen atoms in total. The van der Waals surface area contributed by atoms with Crippen molar-refractivity contribution in [1.29, 1.82) is 0 Å². The van der Waals surface area contributed by atoms with E-state index in [1.54, 1.807) is 0 Å². The van der Waals surface area contributed by atoms with Crippen LogP contribution in [0.25, 0.3) is 0 Å². The minimum absolute atomic E-state index is 0.536. The standard InChI is InChI=1S/C18H24N2O/c1-14(11-19-12-18-8-7-15(2)21-18)20-10-9-16-5-3-4-6-17(16)13-20/h3-8,14,19H,9-13H2,1-2H3. The number of nitrogens with zero attached hydrogens (tertiary/aromatic N) is 1. The molecule has 1 atom stereocenters. The van der Waals surface area contributed by atoms with Crippen LogP contribution in [0.3, 0.4) is 0 Å². The third kappa shape index (κ3) is 3.55. The average Bonchev–Trinajstić information content (AvgIpc) is 2.92. The lowest BCUT2D eigenvalue weighted by Gasteiger charge is -2.33. The third-order valence-corrected chi connectivity index (χ3v) is 4.32. The molecule has 1 aliphatic rings. The van der Waals surface area contributed by atoms with Gasteiger partial charge in [0.2, 0.25) is 0 Å². The number of hydrogen-bond acceptors (Lipinski definition) is 3. The number of aryl methyl sites for hydroxylation is 1. The number of hydrogen-bond donors (Lipinski definition) is 1. The second kappa shape index (κ2) is 6.46. The SMILES string of the molecule is Cc1ccc(CNCC(C)N2CCc3ccccc3C2)o1. The Balaban J connectivity index is 1.49. The van der Waals surface area contributed by atoms with Crippen molar-refractivity contribution >= 4 is 0 Å². The van der Waals surface area contributed by atoms with Crippen molar-refractivity contribution in [1.82, 2.24) is 10.2 Å². The number of furan rings is 1. The number of nitrogens with one attached hydrogen (secondary N) is 1. The van der Waals surface area contributed by atoms with Crippen LogP contribution in [0.4, 0.5) is 0 Å². The minimum atomic E-state index is 0.536. The van der Waals surface area contributed by atoms with Crippen LogP contribution < -0.4 is 5.32 Å². The molecule has 1 aromatic heterocycles. The van der Waals surface area contributed by atoms with Gasteiger partial charge in [-0.15, -0.1) is 0 Å². The summed E-state index contributed by atoms with van der Waals surface area (Å²) in [4.78, 5) is 2.56. The largest absolute Gasteiger partial charge is 0.465 e. The van der Waals surface area contributed by atoms with E-state index in [4.69, 9.17) is 4.42 Å². The van der Waals surface area contributed by atoms with Gasteiger partial charge in [-0.25, -0.2) is 0 Å². The molecule has 112 valence electrons. The summed E-state index contributed by atoms with van der Waals surface area (Å²) in [5, 5.41) is 3.50. The quantitative estimate of drug-likeness (QED) is 0.914. The molecule has 0 bridgehead atoms. The predicted octanol–water partition coefficient (Wildman–Crippen LogP) is 3.12. The molecule has 3 heteroatoms. The van der Waals surface area contributed by atoms with E-state index >= 15 is 0 Å². The summed E-state index contributed by atoms with van der Waals surface area (Å²) in [6, 6.07) is 13.4. The molecule has 0 amide bonds. The van der Waals surface area contributed by atoms with Gasteiger partial charge in [0, 0.05) is 25.7 Å². The van der Waals surface area contributed by atoms with Crippen LogP contribution in [0, 0.1) is 6.92 Å². The van der Waals surface area contributed by atoms with E-state index in [2.05, 4.69) is 41.4 Å². The molecule has 0 radical (unpaired) electrons. The molecule has 2 aromatic rings. The van der Waals surface area contributed by atoms with Gasteiger partial charge in [-0.1, -0.05) is 24.3 Å². The first kappa shape index (κ1) is 14.4. The Labute approximate surface area is 127 Å². The van der Waals surface area contributed by atoms with Gasteiger partial charge in [0.15, 0.2) is 0 Å². The van der Waals surface area contributed by atoms with Crippen molar-refractivity contribution < 1.29 is 4.42 Å². The van der Waals surface area contributed by atoms with Crippen molar-refractivity contribution in [2.75, 3.05) is 13.1 Å². The summed E-state index contributed by atoms with van der Waals surface area (Å²) in [7, 11) is 0. The second-order valence-corrected chi connectivity index (χ2v) is 5.98. The van der Waals surface area contributed by atoms with E-state index in [0.29, 0.717) is 6.04 Å². The van der Waals surface area contributed by atoms with Crippen molar-refractivity contribution in [2.24, 2.45) is 0 Å². The summed E-state index contributed by atoms with van der Waals surface area (Å²) < 4.78 is 5.58. The fourth-order valence-electron chi connectivity index (χ4n) is 3.01. The summed E-state index contributed by atoms with van der Waals surface area (Å²) >= 11 is 0. The summed E-state index contributed by atoms with van der Waals surface area (Å²) in [5.74, 6) is 2.00. The monoisotopic (exact) mass is 284 g/mol. The van der Waals surface area contributed by atoms with Crippen LogP contribution in [-0.4, -0.2) is 24.0 Å². The Morgan fingerprint density at radius 2 is 2.00 bits per heavy atom. The minimum Gasteiger partial charge on any atom is -0.465 e. The fourth-order valence-corrected chi connectivity index (χ4v) is 3.01. The first-order valence-corrected chi connectivity index (χ1v) is 7.79. The van der Waals surface area contributed by atoms with Gasteiger partial charge in [0.25, 0.3) is 0 Å². The topological polar surface area (TPSA) is 28.4 Å². The smallest absolute Gasteiger partial charge is 0.117 e. The molecular weight excluding hydrogens is 260 g/mol. The molecule has 21 heavy (non-hydrogen) atoms. The number of benzene rings is 1. The first-order chi connectivity index (χ1) is 10.2. The van der Waals surface area contributed by atoms with Gasteiger partial charge in [-0.2, -0.15) is 0 Å². The van der Waals surface area contributed by atoms with Gasteiger partial charge >= 0.3 is 0 Å². The summed E-state index contributed by atoms with van der Waals surface area (Å²) in [5.41, 5.74) is 3.00. The highest BCUT2D eigenvalue weighted by atomic mass is 16.3. The van der Waals surface area contributed by atoms with Crippen LogP contribution in [0.1, 0.15) is 29.6 Å². The molecule has 1 aromatic carbocycles. The molecule has 1 N–H and O–H groups in total. The van der Waals surface area contributed by atoms with Gasteiger partial charge < -0.3 is 9.73 Å². The van der Waals surface area contributed by atoms with E-state index < -0.39 is 0 Å². The maximum absolute atomic E-state index is 5.58. The highest BCUT2D eigenvalue weighted by Gasteiger charge is 2.19. The molecule has 1 aliphatic heterocycles. The van der Waals surface area contributed by atoms with E-state index in [1.807, 2.05) is 19.1 Å². The Morgan fingerprint density at radius 1 is 1.19 bits per heavy atom. The van der Waals surface area contributed by atoms with E-state index in [-0.39, 0.29) is 0 Å². The van der Waals surface area contributed by atoms with Crippen molar-refractivity contribution in [3.63, 3.8) is 0 Å². The maximum atomic E-state index is 5.58. The molecule has 1 unspecified atom stereocenters. The van der Waals surface area contributed by atoms with Crippen molar-refractivity contribution in [3.8, 4) is 0 Å². The number of rotatable bonds is 5. The molecule has 0 saturated carbocycles. The van der Waals surface area contributed by atoms with E-state index in [0.717, 1.165) is 44.1 Å². The van der Waals surface area contributed by atoms with Crippen LogP contribution >= 0.6 is 0 Å². The van der Waals surface area contributed by atoms with Crippen molar-refractivity contribution in [3.05, 3.63) is 59.0 Å². The Kier molecular flexibility index (Phi) is 4.42. The van der Waals surface area contributed by atoms with Gasteiger partial charge in [-0.05, 0) is 43.5 Å². The lowest BCUT2D eigenvalue weighted by Crippen LogP contribution is -2.42. The Morgan fingerprint density at radius 3 is 2.76 bits per heavy atom. The third-order valence-electron chi connectivity index (χ3n) is 4.32. The second-order valence-electron chi connectivity index (χ2n) is 5.98. The number of fused-ring (bicyclic) bond motifs is 1. The van der Waals surface area contributed by atoms with E-state index in [9.17, 15) is 0 Å². The predicted molar refractivity (Wildman–Crippen MR) is 85.2 cm³/mol. The zero-order chi connectivity index (χ0) is 14.7. The van der Waals surface area contributed by atoms with Gasteiger partial charge in [0.1, 0.15) is 11.5 Å². The Bertz CT molecular complexity index is 590.